The van der Waals surface area contributed by atoms with Crippen molar-refractivity contribution < 1.29 is 14.3 Å². The van der Waals surface area contributed by atoms with Crippen LogP contribution in [0, 0.1) is 17.2 Å². The molecule has 1 amide bonds. The fraction of sp³-hybridized carbons (Fsp3) is 0.333. The predicted octanol–water partition coefficient (Wildman–Crippen LogP) is 2.94. The summed E-state index contributed by atoms with van der Waals surface area (Å²) in [5.41, 5.74) is 1.93. The van der Waals surface area contributed by atoms with Gasteiger partial charge < -0.3 is 10.1 Å². The number of amides is 1. The van der Waals surface area contributed by atoms with Gasteiger partial charge in [0.05, 0.1) is 11.1 Å². The number of pyridine rings is 1. The van der Waals surface area contributed by atoms with Crippen molar-refractivity contribution in [2.75, 3.05) is 11.9 Å². The zero-order valence-corrected chi connectivity index (χ0v) is 14.6. The Kier molecular flexibility index (Phi) is 5.10. The highest BCUT2D eigenvalue weighted by Crippen LogP contribution is 2.39. The highest BCUT2D eigenvalue weighted by atomic mass is 32.1. The first-order chi connectivity index (χ1) is 12.1. The first-order valence-corrected chi connectivity index (χ1v) is 8.81. The third kappa shape index (κ3) is 3.86. The van der Waals surface area contributed by atoms with Crippen LogP contribution in [-0.4, -0.2) is 23.5 Å². The number of carbonyl (C=O) groups excluding carboxylic acids is 2. The molecule has 0 aliphatic heterocycles. The zero-order valence-electron chi connectivity index (χ0n) is 13.7. The molecule has 0 unspecified atom stereocenters. The van der Waals surface area contributed by atoms with Crippen molar-refractivity contribution in [1.82, 2.24) is 4.98 Å². The van der Waals surface area contributed by atoms with Crippen LogP contribution >= 0.6 is 11.3 Å². The molecule has 1 aliphatic carbocycles. The molecule has 1 aliphatic rings. The van der Waals surface area contributed by atoms with Gasteiger partial charge in [-0.15, -0.1) is 11.3 Å². The molecule has 1 atom stereocenters. The molecule has 0 saturated carbocycles. The summed E-state index contributed by atoms with van der Waals surface area (Å²) in [4.78, 5) is 28.9. The van der Waals surface area contributed by atoms with Crippen LogP contribution in [0.4, 0.5) is 5.00 Å². The number of fused-ring (bicyclic) bond motifs is 1. The quantitative estimate of drug-likeness (QED) is 0.851. The maximum absolute atomic E-state index is 12.1. The van der Waals surface area contributed by atoms with Gasteiger partial charge in [0.1, 0.15) is 11.1 Å². The summed E-state index contributed by atoms with van der Waals surface area (Å²) in [6.45, 7) is 1.79. The second-order valence-electron chi connectivity index (χ2n) is 6.03. The van der Waals surface area contributed by atoms with Crippen LogP contribution in [0.5, 0.6) is 0 Å². The van der Waals surface area contributed by atoms with Crippen molar-refractivity contribution >= 4 is 28.2 Å². The number of thiophene rings is 1. The van der Waals surface area contributed by atoms with Gasteiger partial charge in [-0.25, -0.2) is 4.79 Å². The molecule has 3 rings (SSSR count). The average molecular weight is 355 g/mol. The molecule has 2 aromatic rings. The van der Waals surface area contributed by atoms with Gasteiger partial charge in [0, 0.05) is 17.3 Å². The Morgan fingerprint density at radius 1 is 1.44 bits per heavy atom. The molecular weight excluding hydrogens is 338 g/mol. The van der Waals surface area contributed by atoms with Gasteiger partial charge >= 0.3 is 5.97 Å². The molecule has 1 N–H and O–H groups in total. The number of aromatic nitrogens is 1. The van der Waals surface area contributed by atoms with E-state index in [0.29, 0.717) is 22.0 Å². The molecule has 7 heteroatoms. The van der Waals surface area contributed by atoms with Crippen LogP contribution in [0.1, 0.15) is 39.7 Å². The standard InChI is InChI=1S/C18H17N3O3S/c1-11-2-3-13-14(9-19)17(25-15(13)8-11)21-16(22)10-24-18(23)12-4-6-20-7-5-12/h4-7,11H,2-3,8,10H2,1H3,(H,21,22)/t11-/m1/s1. The summed E-state index contributed by atoms with van der Waals surface area (Å²) >= 11 is 1.45. The average Bonchev–Trinajstić information content (AvgIpc) is 2.96. The van der Waals surface area contributed by atoms with E-state index in [4.69, 9.17) is 4.74 Å². The molecular formula is C18H17N3O3S. The van der Waals surface area contributed by atoms with Crippen LogP contribution in [0.3, 0.4) is 0 Å². The van der Waals surface area contributed by atoms with E-state index in [-0.39, 0.29) is 0 Å². The topological polar surface area (TPSA) is 92.1 Å². The van der Waals surface area contributed by atoms with Crippen molar-refractivity contribution in [1.29, 1.82) is 5.26 Å². The predicted molar refractivity (Wildman–Crippen MR) is 93.4 cm³/mol. The van der Waals surface area contributed by atoms with Crippen LogP contribution < -0.4 is 5.32 Å². The van der Waals surface area contributed by atoms with E-state index in [1.807, 2.05) is 0 Å². The van der Waals surface area contributed by atoms with Gasteiger partial charge in [-0.1, -0.05) is 6.92 Å². The Balaban J connectivity index is 1.64. The normalized spacial score (nSPS) is 15.8. The summed E-state index contributed by atoms with van der Waals surface area (Å²) < 4.78 is 5.00. The minimum absolute atomic E-state index is 0.334. The smallest absolute Gasteiger partial charge is 0.338 e. The first kappa shape index (κ1) is 17.1. The summed E-state index contributed by atoms with van der Waals surface area (Å²) in [5, 5.41) is 12.7. The maximum Gasteiger partial charge on any atom is 0.338 e. The third-order valence-electron chi connectivity index (χ3n) is 4.13. The molecule has 0 aromatic carbocycles. The number of anilines is 1. The van der Waals surface area contributed by atoms with E-state index >= 15 is 0 Å². The van der Waals surface area contributed by atoms with E-state index in [1.165, 1.54) is 40.7 Å². The van der Waals surface area contributed by atoms with E-state index in [0.717, 1.165) is 24.8 Å². The van der Waals surface area contributed by atoms with E-state index in [2.05, 4.69) is 23.3 Å². The highest BCUT2D eigenvalue weighted by molar-refractivity contribution is 7.16. The lowest BCUT2D eigenvalue weighted by Gasteiger charge is -2.17. The van der Waals surface area contributed by atoms with Crippen molar-refractivity contribution in [3.05, 3.63) is 46.1 Å². The number of esters is 1. The van der Waals surface area contributed by atoms with Crippen molar-refractivity contribution in [2.24, 2.45) is 5.92 Å². The molecule has 0 saturated heterocycles. The number of ether oxygens (including phenoxy) is 1. The Hall–Kier alpha value is -2.72. The number of hydrogen-bond donors (Lipinski definition) is 1. The highest BCUT2D eigenvalue weighted by Gasteiger charge is 2.24. The molecule has 2 aromatic heterocycles. The molecule has 6 nitrogen and oxygen atoms in total. The Labute approximate surface area is 149 Å². The third-order valence-corrected chi connectivity index (χ3v) is 5.30. The molecule has 2 heterocycles. The number of nitrogens with one attached hydrogen (secondary N) is 1. The second kappa shape index (κ2) is 7.45. The minimum atomic E-state index is -0.586. The number of hydrogen-bond acceptors (Lipinski definition) is 6. The second-order valence-corrected chi connectivity index (χ2v) is 7.13. The fourth-order valence-corrected chi connectivity index (χ4v) is 4.20. The van der Waals surface area contributed by atoms with Crippen molar-refractivity contribution in [3.8, 4) is 6.07 Å². The SMILES string of the molecule is C[C@@H]1CCc2c(sc(NC(=O)COC(=O)c3ccncc3)c2C#N)C1. The van der Waals surface area contributed by atoms with Crippen LogP contribution in [0.15, 0.2) is 24.5 Å². The Morgan fingerprint density at radius 3 is 2.92 bits per heavy atom. The van der Waals surface area contributed by atoms with Gasteiger partial charge in [0.25, 0.3) is 5.91 Å². The Bertz CT molecular complexity index is 839. The maximum atomic E-state index is 12.1. The molecule has 0 radical (unpaired) electrons. The molecule has 0 spiro atoms. The first-order valence-electron chi connectivity index (χ1n) is 8.00. The summed E-state index contributed by atoms with van der Waals surface area (Å²) in [6.07, 6.45) is 5.81. The van der Waals surface area contributed by atoms with E-state index in [1.54, 1.807) is 0 Å². The van der Waals surface area contributed by atoms with Crippen LogP contribution in [0.25, 0.3) is 0 Å². The van der Waals surface area contributed by atoms with Gasteiger partial charge in [0.2, 0.25) is 0 Å². The van der Waals surface area contributed by atoms with Gasteiger partial charge in [0.15, 0.2) is 6.61 Å². The lowest BCUT2D eigenvalue weighted by Crippen LogP contribution is -2.20. The number of nitriles is 1. The number of nitrogens with zero attached hydrogens (tertiary/aromatic N) is 2. The van der Waals surface area contributed by atoms with Crippen LogP contribution in [0.2, 0.25) is 0 Å². The fourth-order valence-electron chi connectivity index (χ4n) is 2.82. The lowest BCUT2D eigenvalue weighted by atomic mass is 9.89. The molecule has 128 valence electrons. The molecule has 0 bridgehead atoms. The molecule has 25 heavy (non-hydrogen) atoms. The summed E-state index contributed by atoms with van der Waals surface area (Å²) in [6, 6.07) is 5.23. The van der Waals surface area contributed by atoms with E-state index in [9.17, 15) is 14.9 Å². The van der Waals surface area contributed by atoms with Crippen molar-refractivity contribution in [2.45, 2.75) is 26.2 Å². The van der Waals surface area contributed by atoms with Gasteiger partial charge in [-0.3, -0.25) is 9.78 Å². The monoisotopic (exact) mass is 355 g/mol. The Morgan fingerprint density at radius 2 is 2.20 bits per heavy atom. The number of rotatable bonds is 4. The molecule has 0 fully saturated rings. The van der Waals surface area contributed by atoms with Gasteiger partial charge in [-0.05, 0) is 42.9 Å². The van der Waals surface area contributed by atoms with Crippen LogP contribution in [-0.2, 0) is 22.4 Å². The zero-order chi connectivity index (χ0) is 17.8. The lowest BCUT2D eigenvalue weighted by molar-refractivity contribution is -0.119. The van der Waals surface area contributed by atoms with Crippen molar-refractivity contribution in [3.63, 3.8) is 0 Å². The van der Waals surface area contributed by atoms with E-state index < -0.39 is 18.5 Å². The minimum Gasteiger partial charge on any atom is -0.452 e. The summed E-state index contributed by atoms with van der Waals surface area (Å²) in [7, 11) is 0. The summed E-state index contributed by atoms with van der Waals surface area (Å²) in [5.74, 6) is -0.453. The largest absolute Gasteiger partial charge is 0.452 e. The number of carbonyl (C=O) groups is 2. The van der Waals surface area contributed by atoms with Gasteiger partial charge in [-0.2, -0.15) is 5.26 Å².